The van der Waals surface area contributed by atoms with E-state index in [1.807, 2.05) is 0 Å². The van der Waals surface area contributed by atoms with Crippen LogP contribution in [0.2, 0.25) is 0 Å². The molecule has 6 unspecified atom stereocenters. The Morgan fingerprint density at radius 1 is 0.607 bits per heavy atom. The van der Waals surface area contributed by atoms with Gasteiger partial charge in [-0.25, -0.2) is 4.18 Å². The lowest BCUT2D eigenvalue weighted by Crippen LogP contribution is -2.60. The van der Waals surface area contributed by atoms with Gasteiger partial charge in [0, 0.05) is 13.0 Å². The van der Waals surface area contributed by atoms with Crippen molar-refractivity contribution in [2.24, 2.45) is 0 Å². The topological polar surface area (TPSA) is 178 Å². The number of esters is 1. The van der Waals surface area contributed by atoms with Gasteiger partial charge in [-0.15, -0.1) is 0 Å². The zero-order valence-corrected chi connectivity index (χ0v) is 36.3. The van der Waals surface area contributed by atoms with E-state index < -0.39 is 59.8 Å². The fourth-order valence-corrected chi connectivity index (χ4v) is 7.77. The lowest BCUT2D eigenvalue weighted by Gasteiger charge is -2.41. The molecule has 0 aromatic carbocycles. The molecular formula is C43H84O12S. The highest BCUT2D eigenvalue weighted by atomic mass is 32.3. The molecule has 0 saturated carbocycles. The highest BCUT2D eigenvalue weighted by molar-refractivity contribution is 7.80. The maximum absolute atomic E-state index is 12.8. The minimum Gasteiger partial charge on any atom is -0.457 e. The first-order valence-electron chi connectivity index (χ1n) is 22.8. The number of aliphatic hydroxyl groups is 3. The van der Waals surface area contributed by atoms with E-state index in [0.29, 0.717) is 13.0 Å². The molecule has 0 aliphatic carbocycles. The lowest BCUT2D eigenvalue weighted by molar-refractivity contribution is -0.301. The predicted octanol–water partition coefficient (Wildman–Crippen LogP) is 9.30. The summed E-state index contributed by atoms with van der Waals surface area (Å²) in [7, 11) is -5.05. The van der Waals surface area contributed by atoms with Gasteiger partial charge in [-0.2, -0.15) is 8.42 Å². The summed E-state index contributed by atoms with van der Waals surface area (Å²) in [6, 6.07) is 0. The van der Waals surface area contributed by atoms with Crippen molar-refractivity contribution in [3.63, 3.8) is 0 Å². The fourth-order valence-electron chi connectivity index (χ4n) is 7.26. The zero-order chi connectivity index (χ0) is 41.1. The summed E-state index contributed by atoms with van der Waals surface area (Å²) >= 11 is 0. The van der Waals surface area contributed by atoms with Crippen LogP contribution in [0.1, 0.15) is 206 Å². The van der Waals surface area contributed by atoms with Crippen LogP contribution in [-0.2, 0) is 38.3 Å². The third kappa shape index (κ3) is 29.3. The molecule has 0 radical (unpaired) electrons. The molecule has 1 heterocycles. The number of hydrogen-bond donors (Lipinski definition) is 4. The standard InChI is InChI=1S/C43H84O12S/c1-3-5-7-9-11-13-14-15-16-17-18-19-20-21-22-23-25-27-29-31-33-51-35-37(53-39(45)32-30-28-26-24-12-10-8-6-4-2)36-52-43-41(47)42(55-56(48,49)50)40(46)38(34-44)54-43/h37-38,40-44,46-47H,3-36H2,1-2H3,(H,48,49,50). The van der Waals surface area contributed by atoms with E-state index in [0.717, 1.165) is 38.5 Å². The molecule has 0 bridgehead atoms. The Hall–Kier alpha value is -0.900. The van der Waals surface area contributed by atoms with Gasteiger partial charge in [0.15, 0.2) is 6.29 Å². The number of unbranched alkanes of at least 4 members (excludes halogenated alkanes) is 27. The Kier molecular flexibility index (Phi) is 34.1. The molecule has 13 heteroatoms. The van der Waals surface area contributed by atoms with E-state index in [2.05, 4.69) is 18.0 Å². The van der Waals surface area contributed by atoms with Crippen LogP contribution >= 0.6 is 0 Å². The first-order chi connectivity index (χ1) is 27.1. The molecule has 0 aromatic rings. The van der Waals surface area contributed by atoms with Gasteiger partial charge in [0.05, 0.1) is 19.8 Å². The molecule has 1 aliphatic rings. The average molecular weight is 825 g/mol. The van der Waals surface area contributed by atoms with Gasteiger partial charge in [0.1, 0.15) is 30.5 Å². The number of carbonyl (C=O) groups excluding carboxylic acids is 1. The van der Waals surface area contributed by atoms with Crippen LogP contribution in [0, 0.1) is 0 Å². The number of ether oxygens (including phenoxy) is 4. The quantitative estimate of drug-likeness (QED) is 0.0262. The Morgan fingerprint density at radius 2 is 1.02 bits per heavy atom. The second kappa shape index (κ2) is 36.0. The smallest absolute Gasteiger partial charge is 0.397 e. The summed E-state index contributed by atoms with van der Waals surface area (Å²) in [6.07, 6.45) is 27.3. The van der Waals surface area contributed by atoms with Gasteiger partial charge < -0.3 is 34.3 Å². The van der Waals surface area contributed by atoms with Crippen LogP contribution in [0.5, 0.6) is 0 Å². The molecule has 1 saturated heterocycles. The molecule has 0 amide bonds. The van der Waals surface area contributed by atoms with Crippen molar-refractivity contribution < 1.29 is 56.2 Å². The molecule has 6 atom stereocenters. The van der Waals surface area contributed by atoms with Crippen molar-refractivity contribution in [3.05, 3.63) is 0 Å². The Balaban J connectivity index is 2.33. The number of hydrogen-bond acceptors (Lipinski definition) is 11. The second-order valence-electron chi connectivity index (χ2n) is 16.0. The Labute approximate surface area is 341 Å². The van der Waals surface area contributed by atoms with Crippen molar-refractivity contribution >= 4 is 16.4 Å². The van der Waals surface area contributed by atoms with Crippen LogP contribution in [0.3, 0.4) is 0 Å². The molecule has 334 valence electrons. The summed E-state index contributed by atoms with van der Waals surface area (Å²) in [6.45, 7) is 4.00. The molecule has 1 rings (SSSR count). The fraction of sp³-hybridized carbons (Fsp3) is 0.977. The van der Waals surface area contributed by atoms with Crippen molar-refractivity contribution in [1.29, 1.82) is 0 Å². The normalized spacial score (nSPS) is 20.7. The molecular weight excluding hydrogens is 741 g/mol. The minimum absolute atomic E-state index is 0.0441. The van der Waals surface area contributed by atoms with E-state index in [1.54, 1.807) is 0 Å². The van der Waals surface area contributed by atoms with Gasteiger partial charge in [-0.3, -0.25) is 9.35 Å². The predicted molar refractivity (Wildman–Crippen MR) is 221 cm³/mol. The second-order valence-corrected chi connectivity index (χ2v) is 17.1. The summed E-state index contributed by atoms with van der Waals surface area (Å²) in [4.78, 5) is 12.8. The van der Waals surface area contributed by atoms with Crippen LogP contribution in [0.25, 0.3) is 0 Å². The summed E-state index contributed by atoms with van der Waals surface area (Å²) in [5, 5.41) is 30.6. The number of aliphatic hydroxyl groups excluding tert-OH is 3. The average Bonchev–Trinajstić information content (AvgIpc) is 3.17. The summed E-state index contributed by atoms with van der Waals surface area (Å²) in [5.41, 5.74) is 0. The molecule has 0 aromatic heterocycles. The zero-order valence-electron chi connectivity index (χ0n) is 35.5. The van der Waals surface area contributed by atoms with Crippen LogP contribution in [-0.4, -0.2) is 97.5 Å². The maximum atomic E-state index is 12.8. The molecule has 56 heavy (non-hydrogen) atoms. The Morgan fingerprint density at radius 3 is 1.43 bits per heavy atom. The third-order valence-corrected chi connectivity index (χ3v) is 11.2. The van der Waals surface area contributed by atoms with Gasteiger partial charge in [-0.1, -0.05) is 187 Å². The number of carbonyl (C=O) groups is 1. The molecule has 4 N–H and O–H groups in total. The number of rotatable bonds is 40. The molecule has 1 fully saturated rings. The summed E-state index contributed by atoms with van der Waals surface area (Å²) in [5.74, 6) is -0.398. The van der Waals surface area contributed by atoms with Crippen molar-refractivity contribution in [3.8, 4) is 0 Å². The highest BCUT2D eigenvalue weighted by Gasteiger charge is 2.48. The van der Waals surface area contributed by atoms with E-state index in [-0.39, 0.29) is 19.6 Å². The van der Waals surface area contributed by atoms with Gasteiger partial charge in [0.25, 0.3) is 0 Å². The van der Waals surface area contributed by atoms with Crippen molar-refractivity contribution in [2.45, 2.75) is 243 Å². The molecule has 1 aliphatic heterocycles. The van der Waals surface area contributed by atoms with Gasteiger partial charge in [-0.05, 0) is 12.8 Å². The van der Waals surface area contributed by atoms with Crippen molar-refractivity contribution in [2.75, 3.05) is 26.4 Å². The lowest BCUT2D eigenvalue weighted by atomic mass is 9.99. The summed E-state index contributed by atoms with van der Waals surface area (Å²) < 4.78 is 58.9. The van der Waals surface area contributed by atoms with Crippen LogP contribution in [0.4, 0.5) is 0 Å². The van der Waals surface area contributed by atoms with Gasteiger partial charge in [0.2, 0.25) is 0 Å². The van der Waals surface area contributed by atoms with E-state index in [9.17, 15) is 28.5 Å². The highest BCUT2D eigenvalue weighted by Crippen LogP contribution is 2.26. The van der Waals surface area contributed by atoms with Crippen LogP contribution in [0.15, 0.2) is 0 Å². The largest absolute Gasteiger partial charge is 0.457 e. The monoisotopic (exact) mass is 825 g/mol. The van der Waals surface area contributed by atoms with Gasteiger partial charge >= 0.3 is 16.4 Å². The molecule has 0 spiro atoms. The first kappa shape index (κ1) is 53.1. The maximum Gasteiger partial charge on any atom is 0.397 e. The van der Waals surface area contributed by atoms with E-state index >= 15 is 0 Å². The Bertz CT molecular complexity index is 999. The van der Waals surface area contributed by atoms with Crippen molar-refractivity contribution in [1.82, 2.24) is 0 Å². The SMILES string of the molecule is CCCCCCCCCCCCCCCCCCCCCCOCC(COC1OC(CO)C(O)C(OS(=O)(=O)O)C1O)OC(=O)CCCCCCCCCCC. The van der Waals surface area contributed by atoms with Crippen LogP contribution < -0.4 is 0 Å². The van der Waals surface area contributed by atoms with E-state index in [4.69, 9.17) is 23.5 Å². The molecule has 12 nitrogen and oxygen atoms in total. The van der Waals surface area contributed by atoms with E-state index in [1.165, 1.54) is 141 Å². The minimum atomic E-state index is -5.05. The first-order valence-corrected chi connectivity index (χ1v) is 24.2. The third-order valence-electron chi connectivity index (χ3n) is 10.7.